The van der Waals surface area contributed by atoms with Crippen molar-refractivity contribution in [1.82, 2.24) is 20.2 Å². The Morgan fingerprint density at radius 1 is 0.962 bits per heavy atom. The molecule has 1 aliphatic rings. The van der Waals surface area contributed by atoms with Gasteiger partial charge in [-0.2, -0.15) is 8.42 Å². The van der Waals surface area contributed by atoms with Crippen LogP contribution in [0, 0.1) is 0 Å². The lowest BCUT2D eigenvalue weighted by Gasteiger charge is -2.30. The molecule has 1 saturated heterocycles. The van der Waals surface area contributed by atoms with E-state index in [1.807, 2.05) is 36.4 Å². The Kier molecular flexibility index (Phi) is 13.9. The lowest BCUT2D eigenvalue weighted by molar-refractivity contribution is 0.0230. The molecule has 0 atom stereocenters. The van der Waals surface area contributed by atoms with Gasteiger partial charge in [0.25, 0.3) is 10.1 Å². The molecule has 3 aromatic rings. The van der Waals surface area contributed by atoms with E-state index in [2.05, 4.69) is 20.5 Å². The highest BCUT2D eigenvalue weighted by Gasteiger charge is 2.24. The van der Waals surface area contributed by atoms with Gasteiger partial charge < -0.3 is 39.4 Å². The average molecular weight is 757 g/mol. The van der Waals surface area contributed by atoms with Crippen molar-refractivity contribution in [2.24, 2.45) is 0 Å². The molecule has 0 radical (unpaired) electrons. The highest BCUT2D eigenvalue weighted by atomic mass is 32.2. The van der Waals surface area contributed by atoms with Crippen LogP contribution in [0.3, 0.4) is 0 Å². The Labute approximate surface area is 312 Å². The van der Waals surface area contributed by atoms with Gasteiger partial charge in [-0.1, -0.05) is 0 Å². The Balaban J connectivity index is 1.54. The third-order valence-electron chi connectivity index (χ3n) is 7.63. The molecule has 2 aromatic carbocycles. The number of methoxy groups -OCH3 is 1. The highest BCUT2D eigenvalue weighted by Crippen LogP contribution is 2.30. The molecule has 53 heavy (non-hydrogen) atoms. The number of hydrogen-bond acceptors (Lipinski definition) is 13. The summed E-state index contributed by atoms with van der Waals surface area (Å²) in [6.45, 7) is 13.9. The molecule has 290 valence electrons. The predicted molar refractivity (Wildman–Crippen MR) is 202 cm³/mol. The van der Waals surface area contributed by atoms with Gasteiger partial charge in [0.15, 0.2) is 0 Å². The first-order chi connectivity index (χ1) is 24.9. The number of alkyl carbamates (subject to hydrolysis) is 1. The van der Waals surface area contributed by atoms with E-state index in [0.29, 0.717) is 74.5 Å². The first-order valence-corrected chi connectivity index (χ1v) is 19.2. The van der Waals surface area contributed by atoms with E-state index in [4.69, 9.17) is 28.1 Å². The summed E-state index contributed by atoms with van der Waals surface area (Å²) in [6.07, 6.45) is 2.08. The van der Waals surface area contributed by atoms with Crippen molar-refractivity contribution < 1.29 is 41.1 Å². The van der Waals surface area contributed by atoms with Gasteiger partial charge in [-0.3, -0.25) is 4.18 Å². The summed E-state index contributed by atoms with van der Waals surface area (Å²) >= 11 is 0. The largest absolute Gasteiger partial charge is 0.496 e. The number of amides is 2. The third-order valence-corrected chi connectivity index (χ3v) is 8.18. The second-order valence-electron chi connectivity index (χ2n) is 14.5. The molecule has 0 bridgehead atoms. The van der Waals surface area contributed by atoms with E-state index in [9.17, 15) is 18.0 Å². The molecule has 15 nitrogen and oxygen atoms in total. The normalized spacial score (nSPS) is 13.6. The van der Waals surface area contributed by atoms with Crippen LogP contribution in [0.1, 0.15) is 59.1 Å². The number of carbonyl (C=O) groups is 2. The van der Waals surface area contributed by atoms with Crippen molar-refractivity contribution in [2.45, 2.75) is 72.3 Å². The van der Waals surface area contributed by atoms with E-state index in [1.54, 1.807) is 65.8 Å². The van der Waals surface area contributed by atoms with Gasteiger partial charge in [0, 0.05) is 60.4 Å². The van der Waals surface area contributed by atoms with Crippen LogP contribution in [0.15, 0.2) is 48.7 Å². The van der Waals surface area contributed by atoms with Crippen LogP contribution in [-0.4, -0.2) is 99.4 Å². The zero-order valence-electron chi connectivity index (χ0n) is 31.9. The lowest BCUT2D eigenvalue weighted by Crippen LogP contribution is -2.39. The number of benzene rings is 2. The minimum absolute atomic E-state index is 0.128. The van der Waals surface area contributed by atoms with E-state index in [0.717, 1.165) is 23.1 Å². The standard InChI is InChI=1S/C37H52N6O9S/c1-36(2,3)51-34(44)39-15-9-17-43(35(45)52-37(4,5)6)24-27-22-26(10-13-32(27)48-7)30-14-16-38-33(41-30)40-29-11-12-31(42-18-20-49-21-19-42)28(23-29)25-50-53(8,46)47/h10-14,16,22-23H,9,15,17-21,24-25H2,1-8H3,(H,39,44)(H,38,40,41). The summed E-state index contributed by atoms with van der Waals surface area (Å²) < 4.78 is 51.0. The molecule has 0 saturated carbocycles. The fourth-order valence-corrected chi connectivity index (χ4v) is 5.72. The summed E-state index contributed by atoms with van der Waals surface area (Å²) in [5.41, 5.74) is 2.95. The van der Waals surface area contributed by atoms with Gasteiger partial charge in [0.2, 0.25) is 5.95 Å². The Morgan fingerprint density at radius 3 is 2.34 bits per heavy atom. The lowest BCUT2D eigenvalue weighted by atomic mass is 10.1. The van der Waals surface area contributed by atoms with Crippen molar-refractivity contribution in [1.29, 1.82) is 0 Å². The van der Waals surface area contributed by atoms with Gasteiger partial charge >= 0.3 is 12.2 Å². The quantitative estimate of drug-likeness (QED) is 0.148. The van der Waals surface area contributed by atoms with Gasteiger partial charge in [-0.05, 0) is 90.4 Å². The van der Waals surface area contributed by atoms with E-state index in [1.165, 1.54) is 0 Å². The molecule has 1 aromatic heterocycles. The maximum absolute atomic E-state index is 13.4. The molecule has 1 fully saturated rings. The van der Waals surface area contributed by atoms with Gasteiger partial charge in [0.05, 0.1) is 45.4 Å². The monoisotopic (exact) mass is 756 g/mol. The molecular formula is C37H52N6O9S. The van der Waals surface area contributed by atoms with Gasteiger partial charge in [-0.25, -0.2) is 19.6 Å². The number of anilines is 3. The molecule has 0 unspecified atom stereocenters. The number of hydrogen-bond donors (Lipinski definition) is 2. The molecular weight excluding hydrogens is 705 g/mol. The molecule has 0 aliphatic carbocycles. The first kappa shape index (κ1) is 41.1. The number of nitrogens with one attached hydrogen (secondary N) is 2. The zero-order chi connectivity index (χ0) is 38.8. The van der Waals surface area contributed by atoms with E-state index >= 15 is 0 Å². The Morgan fingerprint density at radius 2 is 1.68 bits per heavy atom. The minimum atomic E-state index is -3.67. The number of aromatic nitrogens is 2. The van der Waals surface area contributed by atoms with Crippen LogP contribution in [-0.2, 0) is 41.7 Å². The maximum Gasteiger partial charge on any atom is 0.410 e. The van der Waals surface area contributed by atoms with Crippen LogP contribution in [0.25, 0.3) is 11.3 Å². The third kappa shape index (κ3) is 13.7. The summed E-state index contributed by atoms with van der Waals surface area (Å²) in [5, 5.41) is 5.97. The van der Waals surface area contributed by atoms with Crippen molar-refractivity contribution in [3.8, 4) is 17.0 Å². The smallest absolute Gasteiger partial charge is 0.410 e. The molecule has 0 spiro atoms. The Bertz CT molecular complexity index is 1820. The number of nitrogens with zero attached hydrogens (tertiary/aromatic N) is 4. The van der Waals surface area contributed by atoms with E-state index in [-0.39, 0.29) is 13.2 Å². The second kappa shape index (κ2) is 17.9. The zero-order valence-corrected chi connectivity index (χ0v) is 32.7. The topological polar surface area (TPSA) is 171 Å². The van der Waals surface area contributed by atoms with Crippen LogP contribution < -0.4 is 20.3 Å². The number of rotatable bonds is 14. The maximum atomic E-state index is 13.4. The molecule has 1 aliphatic heterocycles. The first-order valence-electron chi connectivity index (χ1n) is 17.4. The van der Waals surface area contributed by atoms with Crippen molar-refractivity contribution >= 4 is 39.6 Å². The van der Waals surface area contributed by atoms with Crippen LogP contribution >= 0.6 is 0 Å². The molecule has 4 rings (SSSR count). The van der Waals surface area contributed by atoms with Gasteiger partial charge in [0.1, 0.15) is 17.0 Å². The Hall–Kier alpha value is -4.67. The second-order valence-corrected chi connectivity index (χ2v) is 16.2. The summed E-state index contributed by atoms with van der Waals surface area (Å²) in [5.74, 6) is 0.896. The number of morpholine rings is 1. The number of carbonyl (C=O) groups excluding carboxylic acids is 2. The molecule has 2 amide bonds. The summed E-state index contributed by atoms with van der Waals surface area (Å²) in [7, 11) is -2.10. The summed E-state index contributed by atoms with van der Waals surface area (Å²) in [4.78, 5) is 38.4. The number of ether oxygens (including phenoxy) is 4. The van der Waals surface area contributed by atoms with E-state index < -0.39 is 33.5 Å². The van der Waals surface area contributed by atoms with Crippen molar-refractivity contribution in [2.75, 3.05) is 63.0 Å². The predicted octanol–water partition coefficient (Wildman–Crippen LogP) is 5.86. The molecule has 2 heterocycles. The fourth-order valence-electron chi connectivity index (χ4n) is 5.37. The van der Waals surface area contributed by atoms with Gasteiger partial charge in [-0.15, -0.1) is 0 Å². The fraction of sp³-hybridized carbons (Fsp3) is 0.514. The average Bonchev–Trinajstić information content (AvgIpc) is 3.07. The summed E-state index contributed by atoms with van der Waals surface area (Å²) in [6, 6.07) is 13.0. The SMILES string of the molecule is COc1ccc(-c2ccnc(Nc3ccc(N4CCOCC4)c(COS(C)(=O)=O)c3)n2)cc1CN(CCCNC(=O)OC(C)(C)C)C(=O)OC(C)(C)C. The van der Waals surface area contributed by atoms with Crippen LogP contribution in [0.2, 0.25) is 0 Å². The van der Waals surface area contributed by atoms with Crippen LogP contribution in [0.4, 0.5) is 26.9 Å². The van der Waals surface area contributed by atoms with Crippen molar-refractivity contribution in [3.05, 3.63) is 59.8 Å². The highest BCUT2D eigenvalue weighted by molar-refractivity contribution is 7.85. The van der Waals surface area contributed by atoms with Crippen LogP contribution in [0.5, 0.6) is 5.75 Å². The molecule has 16 heteroatoms. The van der Waals surface area contributed by atoms with Crippen molar-refractivity contribution in [3.63, 3.8) is 0 Å². The minimum Gasteiger partial charge on any atom is -0.496 e. The molecule has 2 N–H and O–H groups in total.